The first-order valence-electron chi connectivity index (χ1n) is 12.8. The maximum atomic E-state index is 14.3. The van der Waals surface area contributed by atoms with Crippen LogP contribution in [-0.2, 0) is 0 Å². The molecule has 0 saturated heterocycles. The molecule has 0 unspecified atom stereocenters. The van der Waals surface area contributed by atoms with Crippen LogP contribution in [0.3, 0.4) is 0 Å². The Morgan fingerprint density at radius 1 is 0.632 bits per heavy atom. The fourth-order valence-corrected chi connectivity index (χ4v) is 5.47. The molecule has 3 nitrogen and oxygen atoms in total. The summed E-state index contributed by atoms with van der Waals surface area (Å²) in [5.41, 5.74) is 8.26. The molecular weight excluding hydrogens is 466 g/mol. The van der Waals surface area contributed by atoms with Gasteiger partial charge in [0.05, 0.1) is 22.1 Å². The summed E-state index contributed by atoms with van der Waals surface area (Å²) in [5, 5.41) is 2.75. The number of aromatic nitrogens is 1. The standard InChI is InChI=1S/C35H25NO2/c1-22-12-16-24(17-13-22)31-32-34-27(21-30(35(32)37)38-28-9-4-3-5-10-28)20-26-8-6-7-11-29(26)36(34)33(31)25-18-14-23(2)15-19-25/h3-21H,1-2H3. The van der Waals surface area contributed by atoms with E-state index in [0.717, 1.165) is 44.2 Å². The van der Waals surface area contributed by atoms with Crippen molar-refractivity contribution in [3.05, 3.63) is 137 Å². The van der Waals surface area contributed by atoms with Crippen LogP contribution in [0, 0.1) is 13.8 Å². The third kappa shape index (κ3) is 3.47. The fraction of sp³-hybridized carbons (Fsp3) is 0.0571. The van der Waals surface area contributed by atoms with Crippen molar-refractivity contribution in [3.8, 4) is 33.9 Å². The van der Waals surface area contributed by atoms with E-state index in [1.54, 1.807) is 0 Å². The van der Waals surface area contributed by atoms with Crippen molar-refractivity contribution in [1.29, 1.82) is 0 Å². The Kier molecular flexibility index (Phi) is 5.05. The first kappa shape index (κ1) is 22.3. The van der Waals surface area contributed by atoms with Gasteiger partial charge in [-0.05, 0) is 60.7 Å². The molecule has 3 heteroatoms. The van der Waals surface area contributed by atoms with Gasteiger partial charge >= 0.3 is 0 Å². The summed E-state index contributed by atoms with van der Waals surface area (Å²) in [4.78, 5) is 14.3. The SMILES string of the molecule is Cc1ccc(-c2c(-c3ccc(C)cc3)n3c4ccccc4cc4cc(Oc5ccccc5)c(=O)c2c43)cc1. The lowest BCUT2D eigenvalue weighted by atomic mass is 9.96. The number of aryl methyl sites for hydroxylation is 2. The third-order valence-electron chi connectivity index (χ3n) is 7.31. The van der Waals surface area contributed by atoms with Gasteiger partial charge in [0.1, 0.15) is 5.75 Å². The van der Waals surface area contributed by atoms with Crippen LogP contribution in [-0.4, -0.2) is 4.40 Å². The minimum absolute atomic E-state index is 0.108. The van der Waals surface area contributed by atoms with Crippen LogP contribution in [0.4, 0.5) is 0 Å². The van der Waals surface area contributed by atoms with Gasteiger partial charge in [-0.25, -0.2) is 0 Å². The number of hydrogen-bond donors (Lipinski definition) is 0. The highest BCUT2D eigenvalue weighted by atomic mass is 16.5. The van der Waals surface area contributed by atoms with Crippen molar-refractivity contribution in [2.75, 3.05) is 0 Å². The Hall–Kier alpha value is -4.89. The largest absolute Gasteiger partial charge is 0.453 e. The van der Waals surface area contributed by atoms with Crippen molar-refractivity contribution >= 4 is 27.2 Å². The van der Waals surface area contributed by atoms with E-state index in [0.29, 0.717) is 16.9 Å². The third-order valence-corrected chi connectivity index (χ3v) is 7.31. The first-order chi connectivity index (χ1) is 18.6. The molecule has 0 N–H and O–H groups in total. The zero-order valence-electron chi connectivity index (χ0n) is 21.2. The van der Waals surface area contributed by atoms with E-state index in [1.807, 2.05) is 36.4 Å². The van der Waals surface area contributed by atoms with Gasteiger partial charge in [-0.3, -0.25) is 4.79 Å². The second kappa shape index (κ2) is 8.60. The van der Waals surface area contributed by atoms with E-state index < -0.39 is 0 Å². The second-order valence-electron chi connectivity index (χ2n) is 9.93. The molecule has 2 heterocycles. The molecule has 182 valence electrons. The zero-order valence-corrected chi connectivity index (χ0v) is 21.2. The highest BCUT2D eigenvalue weighted by molar-refractivity contribution is 6.14. The van der Waals surface area contributed by atoms with Crippen LogP contribution in [0.15, 0.2) is 120 Å². The molecule has 0 spiro atoms. The molecule has 0 radical (unpaired) electrons. The van der Waals surface area contributed by atoms with Gasteiger partial charge in [0.15, 0.2) is 5.75 Å². The van der Waals surface area contributed by atoms with E-state index in [1.165, 1.54) is 11.1 Å². The molecule has 0 aliphatic carbocycles. The number of pyridine rings is 1. The van der Waals surface area contributed by atoms with E-state index >= 15 is 0 Å². The highest BCUT2D eigenvalue weighted by Gasteiger charge is 2.25. The van der Waals surface area contributed by atoms with Crippen molar-refractivity contribution in [3.63, 3.8) is 0 Å². The predicted molar refractivity (Wildman–Crippen MR) is 157 cm³/mol. The maximum Gasteiger partial charge on any atom is 0.231 e. The summed E-state index contributed by atoms with van der Waals surface area (Å²) in [6.07, 6.45) is 0. The van der Waals surface area contributed by atoms with Crippen LogP contribution >= 0.6 is 0 Å². The summed E-state index contributed by atoms with van der Waals surface area (Å²) in [7, 11) is 0. The van der Waals surface area contributed by atoms with E-state index in [9.17, 15) is 4.79 Å². The lowest BCUT2D eigenvalue weighted by molar-refractivity contribution is 0.480. The minimum Gasteiger partial charge on any atom is -0.453 e. The molecule has 2 aromatic heterocycles. The Bertz CT molecular complexity index is 2000. The average molecular weight is 492 g/mol. The van der Waals surface area contributed by atoms with Crippen molar-refractivity contribution in [2.24, 2.45) is 0 Å². The van der Waals surface area contributed by atoms with Gasteiger partial charge in [-0.15, -0.1) is 0 Å². The summed E-state index contributed by atoms with van der Waals surface area (Å²) in [5.74, 6) is 0.970. The van der Waals surface area contributed by atoms with Gasteiger partial charge < -0.3 is 9.14 Å². The fourth-order valence-electron chi connectivity index (χ4n) is 5.47. The Balaban J connectivity index is 1.69. The van der Waals surface area contributed by atoms with Crippen molar-refractivity contribution in [2.45, 2.75) is 13.8 Å². The molecule has 0 fully saturated rings. The first-order valence-corrected chi connectivity index (χ1v) is 12.8. The lowest BCUT2D eigenvalue weighted by Crippen LogP contribution is -2.06. The highest BCUT2D eigenvalue weighted by Crippen LogP contribution is 2.44. The molecule has 0 amide bonds. The minimum atomic E-state index is -0.108. The summed E-state index contributed by atoms with van der Waals surface area (Å²) < 4.78 is 8.48. The molecule has 0 bridgehead atoms. The normalized spacial score (nSPS) is 11.5. The number of hydrogen-bond acceptors (Lipinski definition) is 2. The predicted octanol–water partition coefficient (Wildman–Crippen LogP) is 8.79. The van der Waals surface area contributed by atoms with Crippen LogP contribution in [0.2, 0.25) is 0 Å². The molecule has 0 aliphatic heterocycles. The number of benzene rings is 5. The van der Waals surface area contributed by atoms with Gasteiger partial charge in [0, 0.05) is 10.9 Å². The molecule has 38 heavy (non-hydrogen) atoms. The van der Waals surface area contributed by atoms with Crippen LogP contribution in [0.25, 0.3) is 49.6 Å². The van der Waals surface area contributed by atoms with E-state index in [-0.39, 0.29) is 5.43 Å². The number of fused-ring (bicyclic) bond motifs is 2. The Labute approximate surface area is 220 Å². The number of rotatable bonds is 4. The number of ether oxygens (including phenoxy) is 1. The number of para-hydroxylation sites is 2. The van der Waals surface area contributed by atoms with Gasteiger partial charge in [0.25, 0.3) is 0 Å². The lowest BCUT2D eigenvalue weighted by Gasteiger charge is -2.12. The van der Waals surface area contributed by atoms with Crippen LogP contribution in [0.1, 0.15) is 11.1 Å². The van der Waals surface area contributed by atoms with E-state index in [2.05, 4.69) is 97.1 Å². The monoisotopic (exact) mass is 491 g/mol. The molecular formula is C35H25NO2. The van der Waals surface area contributed by atoms with Crippen LogP contribution < -0.4 is 10.2 Å². The maximum absolute atomic E-state index is 14.3. The Morgan fingerprint density at radius 3 is 1.97 bits per heavy atom. The van der Waals surface area contributed by atoms with Gasteiger partial charge in [0.2, 0.25) is 5.43 Å². The Morgan fingerprint density at radius 2 is 1.26 bits per heavy atom. The topological polar surface area (TPSA) is 30.7 Å². The summed E-state index contributed by atoms with van der Waals surface area (Å²) >= 11 is 0. The summed E-state index contributed by atoms with van der Waals surface area (Å²) in [6, 6.07) is 38.9. The van der Waals surface area contributed by atoms with Gasteiger partial charge in [-0.1, -0.05) is 96.1 Å². The number of nitrogens with zero attached hydrogens (tertiary/aromatic N) is 1. The van der Waals surface area contributed by atoms with Crippen molar-refractivity contribution < 1.29 is 4.74 Å². The second-order valence-corrected chi connectivity index (χ2v) is 9.93. The molecule has 7 aromatic rings. The average Bonchev–Trinajstić information content (AvgIpc) is 3.30. The molecule has 0 saturated carbocycles. The quantitative estimate of drug-likeness (QED) is 0.230. The van der Waals surface area contributed by atoms with E-state index in [4.69, 9.17) is 4.74 Å². The van der Waals surface area contributed by atoms with Gasteiger partial charge in [-0.2, -0.15) is 0 Å². The zero-order chi connectivity index (χ0) is 25.8. The molecule has 0 atom stereocenters. The smallest absolute Gasteiger partial charge is 0.231 e. The van der Waals surface area contributed by atoms with Crippen LogP contribution in [0.5, 0.6) is 11.5 Å². The van der Waals surface area contributed by atoms with Crippen molar-refractivity contribution in [1.82, 2.24) is 4.40 Å². The molecule has 5 aromatic carbocycles. The summed E-state index contributed by atoms with van der Waals surface area (Å²) in [6.45, 7) is 4.17. The molecule has 7 rings (SSSR count). The molecule has 0 aliphatic rings.